The molecule has 0 bridgehead atoms. The molecule has 0 radical (unpaired) electrons. The Bertz CT molecular complexity index is 930. The van der Waals surface area contributed by atoms with Crippen molar-refractivity contribution in [3.63, 3.8) is 0 Å². The first-order valence-electron chi connectivity index (χ1n) is 7.05. The van der Waals surface area contributed by atoms with Crippen molar-refractivity contribution in [2.45, 2.75) is 0 Å². The van der Waals surface area contributed by atoms with E-state index in [2.05, 4.69) is 10.3 Å². The van der Waals surface area contributed by atoms with Gasteiger partial charge in [-0.15, -0.1) is 0 Å². The molecule has 0 unspecified atom stereocenters. The van der Waals surface area contributed by atoms with E-state index in [4.69, 9.17) is 14.4 Å². The normalized spacial score (nSPS) is 10.3. The molecule has 24 heavy (non-hydrogen) atoms. The van der Waals surface area contributed by atoms with E-state index < -0.39 is 0 Å². The molecule has 7 heteroatoms. The van der Waals surface area contributed by atoms with Crippen LogP contribution in [0.1, 0.15) is 0 Å². The maximum Gasteiger partial charge on any atom is 0.235 e. The fourth-order valence-corrected chi connectivity index (χ4v) is 2.45. The van der Waals surface area contributed by atoms with E-state index in [1.807, 2.05) is 29.7 Å². The van der Waals surface area contributed by atoms with Gasteiger partial charge in [0.25, 0.3) is 0 Å². The fourth-order valence-electron chi connectivity index (χ4n) is 2.18. The van der Waals surface area contributed by atoms with Gasteiger partial charge in [0.15, 0.2) is 5.58 Å². The van der Waals surface area contributed by atoms with Crippen molar-refractivity contribution in [2.24, 2.45) is 0 Å². The number of hydrogen-bond acceptors (Lipinski definition) is 6. The van der Waals surface area contributed by atoms with Crippen molar-refractivity contribution in [2.75, 3.05) is 18.2 Å². The Hall–Kier alpha value is -2.98. The molecular weight excluding hydrogens is 326 g/mol. The number of fused-ring (bicyclic) bond motifs is 1. The number of nitrogens with zero attached hydrogens (tertiary/aromatic N) is 2. The largest absolute Gasteiger partial charge is 0.497 e. The molecule has 0 aliphatic heterocycles. The monoisotopic (exact) mass is 339 g/mol. The summed E-state index contributed by atoms with van der Waals surface area (Å²) in [6.45, 7) is 0. The summed E-state index contributed by atoms with van der Waals surface area (Å²) in [5.41, 5.74) is 2.67. The van der Waals surface area contributed by atoms with Gasteiger partial charge in [0.05, 0.1) is 12.9 Å². The Morgan fingerprint density at radius 1 is 1.38 bits per heavy atom. The zero-order valence-corrected chi connectivity index (χ0v) is 13.6. The minimum absolute atomic E-state index is 0.0857. The van der Waals surface area contributed by atoms with Gasteiger partial charge in [-0.1, -0.05) is 6.07 Å². The number of aromatic nitrogens is 1. The Morgan fingerprint density at radius 2 is 2.25 bits per heavy atom. The third-order valence-corrected chi connectivity index (χ3v) is 3.79. The molecule has 1 N–H and O–H groups in total. The quantitative estimate of drug-likeness (QED) is 0.714. The SMILES string of the molecule is COc1cccc(-c2nc3cc(NC(=O)CSC#N)ccc3o2)c1. The minimum atomic E-state index is -0.239. The lowest BCUT2D eigenvalue weighted by atomic mass is 10.2. The van der Waals surface area contributed by atoms with Crippen LogP contribution in [0, 0.1) is 10.7 Å². The van der Waals surface area contributed by atoms with Crippen LogP contribution in [-0.2, 0) is 4.79 Å². The molecule has 120 valence electrons. The van der Waals surface area contributed by atoms with Crippen LogP contribution in [0.4, 0.5) is 5.69 Å². The number of nitrogens with one attached hydrogen (secondary N) is 1. The van der Waals surface area contributed by atoms with Crippen molar-refractivity contribution in [1.29, 1.82) is 5.26 Å². The number of hydrogen-bond donors (Lipinski definition) is 1. The number of thiocyanates is 1. The van der Waals surface area contributed by atoms with E-state index in [1.165, 1.54) is 0 Å². The molecule has 0 saturated carbocycles. The third-order valence-electron chi connectivity index (χ3n) is 3.26. The lowest BCUT2D eigenvalue weighted by molar-refractivity contribution is -0.113. The second-order valence-electron chi connectivity index (χ2n) is 4.86. The molecule has 1 amide bonds. The smallest absolute Gasteiger partial charge is 0.235 e. The number of benzene rings is 2. The van der Waals surface area contributed by atoms with E-state index in [0.29, 0.717) is 22.7 Å². The van der Waals surface area contributed by atoms with Crippen molar-refractivity contribution in [1.82, 2.24) is 4.98 Å². The van der Waals surface area contributed by atoms with Gasteiger partial charge >= 0.3 is 0 Å². The number of rotatable bonds is 5. The third kappa shape index (κ3) is 3.50. The van der Waals surface area contributed by atoms with Gasteiger partial charge in [0.2, 0.25) is 11.8 Å². The van der Waals surface area contributed by atoms with Crippen LogP contribution in [0.15, 0.2) is 46.9 Å². The molecule has 6 nitrogen and oxygen atoms in total. The number of carbonyl (C=O) groups is 1. The zero-order valence-electron chi connectivity index (χ0n) is 12.8. The number of methoxy groups -OCH3 is 1. The number of carbonyl (C=O) groups excluding carboxylic acids is 1. The minimum Gasteiger partial charge on any atom is -0.497 e. The van der Waals surface area contributed by atoms with Crippen LogP contribution in [0.25, 0.3) is 22.6 Å². The average Bonchev–Trinajstić information content (AvgIpc) is 3.03. The maximum absolute atomic E-state index is 11.7. The van der Waals surface area contributed by atoms with E-state index >= 15 is 0 Å². The van der Waals surface area contributed by atoms with Crippen molar-refractivity contribution in [3.05, 3.63) is 42.5 Å². The van der Waals surface area contributed by atoms with Crippen LogP contribution in [0.2, 0.25) is 0 Å². The van der Waals surface area contributed by atoms with E-state index in [0.717, 1.165) is 23.1 Å². The van der Waals surface area contributed by atoms with Gasteiger partial charge in [-0.25, -0.2) is 4.98 Å². The van der Waals surface area contributed by atoms with Crippen LogP contribution in [-0.4, -0.2) is 23.8 Å². The molecule has 0 aliphatic rings. The lowest BCUT2D eigenvalue weighted by Gasteiger charge is -2.02. The Labute approximate surface area is 142 Å². The Morgan fingerprint density at radius 3 is 3.04 bits per heavy atom. The second-order valence-corrected chi connectivity index (χ2v) is 5.62. The molecule has 0 atom stereocenters. The lowest BCUT2D eigenvalue weighted by Crippen LogP contribution is -2.13. The molecule has 0 spiro atoms. The Kier molecular flexibility index (Phi) is 4.68. The van der Waals surface area contributed by atoms with E-state index in [9.17, 15) is 4.79 Å². The van der Waals surface area contributed by atoms with Crippen molar-refractivity contribution < 1.29 is 13.9 Å². The first-order valence-corrected chi connectivity index (χ1v) is 8.04. The van der Waals surface area contributed by atoms with Gasteiger partial charge in [-0.05, 0) is 48.2 Å². The van der Waals surface area contributed by atoms with Gasteiger partial charge in [-0.2, -0.15) is 5.26 Å². The van der Waals surface area contributed by atoms with Crippen LogP contribution < -0.4 is 10.1 Å². The molecule has 3 rings (SSSR count). The average molecular weight is 339 g/mol. The highest BCUT2D eigenvalue weighted by molar-refractivity contribution is 8.04. The first-order chi connectivity index (χ1) is 11.7. The van der Waals surface area contributed by atoms with Gasteiger partial charge < -0.3 is 14.5 Å². The number of amides is 1. The topological polar surface area (TPSA) is 88.1 Å². The predicted molar refractivity (Wildman–Crippen MR) is 92.7 cm³/mol. The summed E-state index contributed by atoms with van der Waals surface area (Å²) in [5.74, 6) is 1.05. The number of ether oxygens (including phenoxy) is 1. The van der Waals surface area contributed by atoms with Gasteiger partial charge in [-0.3, -0.25) is 4.79 Å². The highest BCUT2D eigenvalue weighted by atomic mass is 32.2. The standard InChI is InChI=1S/C17H13N3O3S/c1-22-13-4-2-3-11(7-13)17-20-14-8-12(5-6-15(14)23-17)19-16(21)9-24-10-18/h2-8H,9H2,1H3,(H,19,21). The van der Waals surface area contributed by atoms with E-state index in [1.54, 1.807) is 25.3 Å². The number of anilines is 1. The summed E-state index contributed by atoms with van der Waals surface area (Å²) in [6, 6.07) is 12.6. The van der Waals surface area contributed by atoms with Gasteiger partial charge in [0, 0.05) is 11.3 Å². The Balaban J connectivity index is 1.86. The molecular formula is C17H13N3O3S. The van der Waals surface area contributed by atoms with Crippen LogP contribution in [0.5, 0.6) is 5.75 Å². The molecule has 0 saturated heterocycles. The molecule has 0 aliphatic carbocycles. The van der Waals surface area contributed by atoms with Gasteiger partial charge in [0.1, 0.15) is 16.7 Å². The summed E-state index contributed by atoms with van der Waals surface area (Å²) >= 11 is 0.891. The number of nitriles is 1. The van der Waals surface area contributed by atoms with E-state index in [-0.39, 0.29) is 11.7 Å². The van der Waals surface area contributed by atoms with Crippen LogP contribution in [0.3, 0.4) is 0 Å². The van der Waals surface area contributed by atoms with Crippen molar-refractivity contribution >= 4 is 34.5 Å². The number of thioether (sulfide) groups is 1. The maximum atomic E-state index is 11.7. The summed E-state index contributed by atoms with van der Waals surface area (Å²) in [6.07, 6.45) is 0. The summed E-state index contributed by atoms with van der Waals surface area (Å²) in [7, 11) is 1.60. The summed E-state index contributed by atoms with van der Waals surface area (Å²) in [4.78, 5) is 16.1. The second kappa shape index (κ2) is 7.06. The highest BCUT2D eigenvalue weighted by Gasteiger charge is 2.10. The van der Waals surface area contributed by atoms with Crippen molar-refractivity contribution in [3.8, 4) is 22.6 Å². The fraction of sp³-hybridized carbons (Fsp3) is 0.118. The molecule has 2 aromatic carbocycles. The summed E-state index contributed by atoms with van der Waals surface area (Å²) in [5, 5.41) is 13.1. The number of oxazole rings is 1. The summed E-state index contributed by atoms with van der Waals surface area (Å²) < 4.78 is 11.0. The zero-order chi connectivity index (χ0) is 16.9. The molecule has 0 fully saturated rings. The first kappa shape index (κ1) is 15.9. The highest BCUT2D eigenvalue weighted by Crippen LogP contribution is 2.28. The molecule has 1 aromatic heterocycles. The molecule has 3 aromatic rings. The van der Waals surface area contributed by atoms with Crippen LogP contribution >= 0.6 is 11.8 Å². The predicted octanol–water partition coefficient (Wildman–Crippen LogP) is 3.66. The molecule has 1 heterocycles.